The molecule has 0 aliphatic carbocycles. The van der Waals surface area contributed by atoms with Crippen LogP contribution in [0, 0.1) is 0 Å². The van der Waals surface area contributed by atoms with E-state index in [0.29, 0.717) is 17.9 Å². The molecule has 24 heavy (non-hydrogen) atoms. The highest BCUT2D eigenvalue weighted by molar-refractivity contribution is 8.00. The molecule has 0 spiro atoms. The van der Waals surface area contributed by atoms with Crippen LogP contribution in [0.3, 0.4) is 0 Å². The van der Waals surface area contributed by atoms with Gasteiger partial charge in [0.1, 0.15) is 11.3 Å². The number of thioether (sulfide) groups is 1. The summed E-state index contributed by atoms with van der Waals surface area (Å²) in [7, 11) is 0. The fourth-order valence-corrected chi connectivity index (χ4v) is 2.24. The number of halogens is 3. The maximum atomic E-state index is 11.7. The average molecular weight is 370 g/mol. The van der Waals surface area contributed by atoms with Gasteiger partial charge in [0, 0.05) is 17.2 Å². The Hall–Kier alpha value is -1.22. The molecule has 0 radical (unpaired) electrons. The first-order valence-corrected chi connectivity index (χ1v) is 8.33. The molecule has 0 saturated heterocycles. The van der Waals surface area contributed by atoms with Gasteiger partial charge in [-0.2, -0.15) is 24.9 Å². The van der Waals surface area contributed by atoms with Crippen LogP contribution in [0.2, 0.25) is 0 Å². The third-order valence-electron chi connectivity index (χ3n) is 2.48. The topological polar surface area (TPSA) is 75.4 Å². The van der Waals surface area contributed by atoms with E-state index in [1.165, 1.54) is 6.07 Å². The van der Waals surface area contributed by atoms with Gasteiger partial charge in [-0.3, -0.25) is 10.1 Å². The molecule has 0 unspecified atom stereocenters. The molecule has 1 aromatic heterocycles. The fraction of sp³-hybridized carbons (Fsp3) is 0.733. The van der Waals surface area contributed by atoms with Crippen LogP contribution < -0.4 is 5.32 Å². The van der Waals surface area contributed by atoms with E-state index >= 15 is 0 Å². The van der Waals surface area contributed by atoms with Crippen molar-refractivity contribution < 1.29 is 27.6 Å². The Kier molecular flexibility index (Phi) is 8.84. The molecule has 0 fully saturated rings. The van der Waals surface area contributed by atoms with E-state index in [1.54, 1.807) is 25.6 Å². The Balaban J connectivity index is 0.000000441. The smallest absolute Gasteiger partial charge is 0.384 e. The average Bonchev–Trinajstić information content (AvgIpc) is 2.82. The second kappa shape index (κ2) is 9.31. The monoisotopic (exact) mass is 370 g/mol. The van der Waals surface area contributed by atoms with Crippen molar-refractivity contribution in [1.82, 2.24) is 5.16 Å². The molecule has 140 valence electrons. The molecule has 9 heteroatoms. The van der Waals surface area contributed by atoms with Crippen LogP contribution in [0.5, 0.6) is 0 Å². The van der Waals surface area contributed by atoms with Gasteiger partial charge in [-0.05, 0) is 26.0 Å². The number of hydrogen-bond donors (Lipinski definition) is 2. The standard InChI is InChI=1S/C8H15F3S.C7H10N2O3/c1-7(2,3)12-6-4-5-8(9,10)11;1-7(2,11)5-3-6(8-4-10)12-9-5/h4-6H2,1-3H3;3-4,11H,1-2H3,(H,8,10). The summed E-state index contributed by atoms with van der Waals surface area (Å²) in [6.45, 7) is 9.17. The molecule has 1 aromatic rings. The van der Waals surface area contributed by atoms with Crippen LogP contribution in [0.4, 0.5) is 19.1 Å². The zero-order valence-corrected chi connectivity index (χ0v) is 15.3. The van der Waals surface area contributed by atoms with Gasteiger partial charge in [0.05, 0.1) is 0 Å². The molecule has 0 aliphatic rings. The number of nitrogens with zero attached hydrogens (tertiary/aromatic N) is 1. The van der Waals surface area contributed by atoms with E-state index in [9.17, 15) is 23.1 Å². The summed E-state index contributed by atoms with van der Waals surface area (Å²) in [5.41, 5.74) is -0.668. The summed E-state index contributed by atoms with van der Waals surface area (Å²) in [4.78, 5) is 9.97. The highest BCUT2D eigenvalue weighted by atomic mass is 32.2. The predicted molar refractivity (Wildman–Crippen MR) is 88.9 cm³/mol. The number of hydrogen-bond acceptors (Lipinski definition) is 5. The van der Waals surface area contributed by atoms with Gasteiger partial charge in [0.15, 0.2) is 0 Å². The zero-order chi connectivity index (χ0) is 19.0. The minimum Gasteiger partial charge on any atom is -0.384 e. The maximum absolute atomic E-state index is 11.7. The second-order valence-electron chi connectivity index (χ2n) is 6.58. The highest BCUT2D eigenvalue weighted by Crippen LogP contribution is 2.27. The first-order valence-electron chi connectivity index (χ1n) is 7.35. The van der Waals surface area contributed by atoms with Crippen molar-refractivity contribution in [2.24, 2.45) is 0 Å². The number of carbonyl (C=O) groups is 1. The summed E-state index contributed by atoms with van der Waals surface area (Å²) in [5.74, 6) is 0.811. The third-order valence-corrected chi connectivity index (χ3v) is 3.84. The van der Waals surface area contributed by atoms with E-state index < -0.39 is 18.2 Å². The van der Waals surface area contributed by atoms with Gasteiger partial charge in [0.2, 0.25) is 12.3 Å². The summed E-state index contributed by atoms with van der Waals surface area (Å²) in [6.07, 6.45) is -3.94. The first-order chi connectivity index (χ1) is 10.7. The van der Waals surface area contributed by atoms with E-state index in [4.69, 9.17) is 0 Å². The number of anilines is 1. The molecule has 0 aliphatic heterocycles. The van der Waals surface area contributed by atoms with Crippen molar-refractivity contribution in [3.05, 3.63) is 11.8 Å². The summed E-state index contributed by atoms with van der Waals surface area (Å²) >= 11 is 1.57. The Morgan fingerprint density at radius 1 is 1.29 bits per heavy atom. The molecule has 5 nitrogen and oxygen atoms in total. The number of carbonyl (C=O) groups excluding carboxylic acids is 1. The first kappa shape index (κ1) is 22.8. The number of amides is 1. The van der Waals surface area contributed by atoms with Crippen molar-refractivity contribution in [3.8, 4) is 0 Å². The number of aromatic nitrogens is 1. The van der Waals surface area contributed by atoms with Crippen molar-refractivity contribution in [2.45, 2.75) is 64.0 Å². The van der Waals surface area contributed by atoms with Crippen LogP contribution in [-0.4, -0.2) is 33.3 Å². The minimum atomic E-state index is -3.99. The summed E-state index contributed by atoms with van der Waals surface area (Å²) in [5, 5.41) is 15.3. The Bertz CT molecular complexity index is 475. The van der Waals surface area contributed by atoms with Gasteiger partial charge in [-0.25, -0.2) is 0 Å². The van der Waals surface area contributed by atoms with Crippen LogP contribution in [-0.2, 0) is 10.4 Å². The van der Waals surface area contributed by atoms with Crippen LogP contribution in [0.25, 0.3) is 0 Å². The van der Waals surface area contributed by atoms with E-state index in [0.717, 1.165) is 0 Å². The number of nitrogens with one attached hydrogen (secondary N) is 1. The second-order valence-corrected chi connectivity index (χ2v) is 8.50. The maximum Gasteiger partial charge on any atom is 0.389 e. The largest absolute Gasteiger partial charge is 0.389 e. The lowest BCUT2D eigenvalue weighted by Crippen LogP contribution is -2.15. The Labute approximate surface area is 144 Å². The van der Waals surface area contributed by atoms with Crippen molar-refractivity contribution in [2.75, 3.05) is 11.1 Å². The van der Waals surface area contributed by atoms with Crippen molar-refractivity contribution >= 4 is 24.1 Å². The third kappa shape index (κ3) is 12.2. The molecule has 1 heterocycles. The fourth-order valence-electron chi connectivity index (χ4n) is 1.34. The van der Waals surface area contributed by atoms with Gasteiger partial charge in [0.25, 0.3) is 0 Å². The van der Waals surface area contributed by atoms with E-state index in [2.05, 4.69) is 15.0 Å². The Morgan fingerprint density at radius 2 is 1.88 bits per heavy atom. The molecule has 0 bridgehead atoms. The number of aliphatic hydroxyl groups is 1. The number of rotatable bonds is 6. The van der Waals surface area contributed by atoms with E-state index in [-0.39, 0.29) is 17.1 Å². The van der Waals surface area contributed by atoms with Crippen LogP contribution >= 0.6 is 11.8 Å². The number of alkyl halides is 3. The SMILES string of the molecule is CC(C)(C)SCCCC(F)(F)F.CC(C)(O)c1cc(NC=O)on1. The van der Waals surface area contributed by atoms with Crippen molar-refractivity contribution in [3.63, 3.8) is 0 Å². The quantitative estimate of drug-likeness (QED) is 0.576. The molecule has 1 amide bonds. The van der Waals surface area contributed by atoms with E-state index in [1.807, 2.05) is 20.8 Å². The summed E-state index contributed by atoms with van der Waals surface area (Å²) in [6, 6.07) is 1.47. The predicted octanol–water partition coefficient (Wildman–Crippen LogP) is 4.33. The summed E-state index contributed by atoms with van der Waals surface area (Å²) < 4.78 is 39.8. The lowest BCUT2D eigenvalue weighted by atomic mass is 10.1. The van der Waals surface area contributed by atoms with Gasteiger partial charge >= 0.3 is 6.18 Å². The molecule has 0 aromatic carbocycles. The normalized spacial score (nSPS) is 12.4. The van der Waals surface area contributed by atoms with Gasteiger partial charge < -0.3 is 9.63 Å². The molecule has 1 rings (SSSR count). The van der Waals surface area contributed by atoms with Gasteiger partial charge in [-0.1, -0.05) is 25.9 Å². The van der Waals surface area contributed by atoms with Gasteiger partial charge in [-0.15, -0.1) is 0 Å². The molecular formula is C15H25F3N2O3S. The van der Waals surface area contributed by atoms with Crippen LogP contribution in [0.15, 0.2) is 10.6 Å². The lowest BCUT2D eigenvalue weighted by Gasteiger charge is -2.17. The molecule has 2 N–H and O–H groups in total. The van der Waals surface area contributed by atoms with Crippen molar-refractivity contribution in [1.29, 1.82) is 0 Å². The molecule has 0 atom stereocenters. The lowest BCUT2D eigenvalue weighted by molar-refractivity contribution is -0.134. The Morgan fingerprint density at radius 3 is 2.25 bits per heavy atom. The molecular weight excluding hydrogens is 345 g/mol. The minimum absolute atomic E-state index is 0.0750. The van der Waals surface area contributed by atoms with Crippen LogP contribution in [0.1, 0.15) is 53.2 Å². The highest BCUT2D eigenvalue weighted by Gasteiger charge is 2.26. The zero-order valence-electron chi connectivity index (χ0n) is 14.5. The molecule has 0 saturated carbocycles.